The average Bonchev–Trinajstić information content (AvgIpc) is 2.59. The third-order valence-electron chi connectivity index (χ3n) is 3.46. The standard InChI is InChI=1S/C17H13N3O5/c21-10-3-1-2-9(6-10)12-7-18-16-11(20-12)4-5-13(22)15(16)17(25)19-8-14(23)24/h1-7,21-22H,8H2,(H,19,25)(H,23,24). The van der Waals surface area contributed by atoms with Crippen LogP contribution in [-0.2, 0) is 4.79 Å². The summed E-state index contributed by atoms with van der Waals surface area (Å²) in [5.74, 6) is -2.20. The number of phenols is 2. The Kier molecular flexibility index (Phi) is 4.17. The number of carboxylic acid groups (broad SMARTS) is 1. The van der Waals surface area contributed by atoms with Gasteiger partial charge in [0.25, 0.3) is 5.91 Å². The van der Waals surface area contributed by atoms with Gasteiger partial charge in [-0.05, 0) is 24.3 Å². The number of carbonyl (C=O) groups excluding carboxylic acids is 1. The number of hydrogen-bond acceptors (Lipinski definition) is 6. The Labute approximate surface area is 141 Å². The van der Waals surface area contributed by atoms with Gasteiger partial charge in [0.2, 0.25) is 0 Å². The van der Waals surface area contributed by atoms with Gasteiger partial charge in [0.15, 0.2) is 0 Å². The van der Waals surface area contributed by atoms with Crippen molar-refractivity contribution in [2.45, 2.75) is 0 Å². The zero-order valence-corrected chi connectivity index (χ0v) is 12.8. The largest absolute Gasteiger partial charge is 0.508 e. The fraction of sp³-hybridized carbons (Fsp3) is 0.0588. The summed E-state index contributed by atoms with van der Waals surface area (Å²) in [7, 11) is 0. The molecule has 0 saturated carbocycles. The molecule has 0 aliphatic carbocycles. The second kappa shape index (κ2) is 6.44. The quantitative estimate of drug-likeness (QED) is 0.566. The number of aliphatic carboxylic acids is 1. The number of aromatic hydroxyl groups is 2. The molecule has 8 nitrogen and oxygen atoms in total. The molecule has 0 bridgehead atoms. The van der Waals surface area contributed by atoms with Crippen molar-refractivity contribution in [3.63, 3.8) is 0 Å². The van der Waals surface area contributed by atoms with E-state index in [1.807, 2.05) is 0 Å². The van der Waals surface area contributed by atoms with Crippen LogP contribution in [0.2, 0.25) is 0 Å². The summed E-state index contributed by atoms with van der Waals surface area (Å²) in [6.07, 6.45) is 1.41. The molecule has 8 heteroatoms. The molecule has 1 aromatic heterocycles. The molecule has 2 aromatic carbocycles. The van der Waals surface area contributed by atoms with Gasteiger partial charge in [-0.2, -0.15) is 0 Å². The lowest BCUT2D eigenvalue weighted by Crippen LogP contribution is -2.29. The number of rotatable bonds is 4. The van der Waals surface area contributed by atoms with E-state index < -0.39 is 18.4 Å². The molecule has 4 N–H and O–H groups in total. The smallest absolute Gasteiger partial charge is 0.322 e. The van der Waals surface area contributed by atoms with Crippen LogP contribution in [0.25, 0.3) is 22.3 Å². The van der Waals surface area contributed by atoms with Crippen LogP contribution in [0.1, 0.15) is 10.4 Å². The topological polar surface area (TPSA) is 133 Å². The second-order valence-electron chi connectivity index (χ2n) is 5.21. The van der Waals surface area contributed by atoms with Crippen LogP contribution in [-0.4, -0.2) is 43.7 Å². The predicted molar refractivity (Wildman–Crippen MR) is 88.3 cm³/mol. The van der Waals surface area contributed by atoms with Gasteiger partial charge >= 0.3 is 5.97 Å². The van der Waals surface area contributed by atoms with Crippen molar-refractivity contribution in [1.29, 1.82) is 0 Å². The number of phenolic OH excluding ortho intramolecular Hbond substituents is 2. The molecule has 0 unspecified atom stereocenters. The Bertz CT molecular complexity index is 987. The minimum Gasteiger partial charge on any atom is -0.508 e. The zero-order valence-electron chi connectivity index (χ0n) is 12.8. The molecule has 126 valence electrons. The summed E-state index contributed by atoms with van der Waals surface area (Å²) >= 11 is 0. The van der Waals surface area contributed by atoms with Crippen LogP contribution in [0.15, 0.2) is 42.6 Å². The first kappa shape index (κ1) is 16.2. The van der Waals surface area contributed by atoms with Crippen molar-refractivity contribution in [2.24, 2.45) is 0 Å². The molecule has 0 atom stereocenters. The van der Waals surface area contributed by atoms with Crippen molar-refractivity contribution in [2.75, 3.05) is 6.54 Å². The molecule has 0 saturated heterocycles. The highest BCUT2D eigenvalue weighted by Gasteiger charge is 2.18. The summed E-state index contributed by atoms with van der Waals surface area (Å²) < 4.78 is 0. The van der Waals surface area contributed by atoms with Gasteiger partial charge in [0.05, 0.1) is 17.4 Å². The summed E-state index contributed by atoms with van der Waals surface area (Å²) in [6.45, 7) is -0.580. The van der Waals surface area contributed by atoms with Gasteiger partial charge in [-0.3, -0.25) is 14.6 Å². The Balaban J connectivity index is 2.06. The monoisotopic (exact) mass is 339 g/mol. The lowest BCUT2D eigenvalue weighted by atomic mass is 10.1. The maximum Gasteiger partial charge on any atom is 0.322 e. The minimum atomic E-state index is -1.20. The van der Waals surface area contributed by atoms with E-state index >= 15 is 0 Å². The Hall–Kier alpha value is -3.68. The number of carbonyl (C=O) groups is 2. The normalized spacial score (nSPS) is 10.6. The van der Waals surface area contributed by atoms with Crippen LogP contribution in [0, 0.1) is 0 Å². The fourth-order valence-corrected chi connectivity index (χ4v) is 2.35. The van der Waals surface area contributed by atoms with Crippen molar-refractivity contribution < 1.29 is 24.9 Å². The Morgan fingerprint density at radius 1 is 1.12 bits per heavy atom. The molecule has 3 aromatic rings. The molecule has 3 rings (SSSR count). The third-order valence-corrected chi connectivity index (χ3v) is 3.46. The van der Waals surface area contributed by atoms with Crippen molar-refractivity contribution in [1.82, 2.24) is 15.3 Å². The van der Waals surface area contributed by atoms with Crippen LogP contribution >= 0.6 is 0 Å². The third kappa shape index (κ3) is 3.32. The second-order valence-corrected chi connectivity index (χ2v) is 5.21. The summed E-state index contributed by atoms with van der Waals surface area (Å²) in [5.41, 5.74) is 1.46. The average molecular weight is 339 g/mol. The summed E-state index contributed by atoms with van der Waals surface area (Å²) in [4.78, 5) is 31.3. The number of fused-ring (bicyclic) bond motifs is 1. The number of aromatic nitrogens is 2. The molecule has 0 fully saturated rings. The van der Waals surface area contributed by atoms with Gasteiger partial charge < -0.3 is 20.6 Å². The van der Waals surface area contributed by atoms with E-state index in [2.05, 4.69) is 15.3 Å². The number of nitrogens with zero attached hydrogens (tertiary/aromatic N) is 2. The molecule has 0 spiro atoms. The van der Waals surface area contributed by atoms with Crippen molar-refractivity contribution in [3.8, 4) is 22.8 Å². The van der Waals surface area contributed by atoms with E-state index in [1.54, 1.807) is 12.1 Å². The highest BCUT2D eigenvalue weighted by atomic mass is 16.4. The number of nitrogens with one attached hydrogen (secondary N) is 1. The lowest BCUT2D eigenvalue weighted by molar-refractivity contribution is -0.135. The summed E-state index contributed by atoms with van der Waals surface area (Å²) in [5, 5.41) is 30.4. The SMILES string of the molecule is O=C(O)CNC(=O)c1c(O)ccc2nc(-c3cccc(O)c3)cnc12. The van der Waals surface area contributed by atoms with Gasteiger partial charge in [0, 0.05) is 5.56 Å². The van der Waals surface area contributed by atoms with Crippen LogP contribution in [0.5, 0.6) is 11.5 Å². The lowest BCUT2D eigenvalue weighted by Gasteiger charge is -2.09. The number of benzene rings is 2. The predicted octanol–water partition coefficient (Wildman–Crippen LogP) is 1.52. The van der Waals surface area contributed by atoms with Crippen LogP contribution in [0.3, 0.4) is 0 Å². The van der Waals surface area contributed by atoms with Gasteiger partial charge in [-0.1, -0.05) is 12.1 Å². The maximum absolute atomic E-state index is 12.1. The molecule has 1 amide bonds. The highest BCUT2D eigenvalue weighted by molar-refractivity contribution is 6.08. The Morgan fingerprint density at radius 2 is 1.92 bits per heavy atom. The highest BCUT2D eigenvalue weighted by Crippen LogP contribution is 2.27. The van der Waals surface area contributed by atoms with E-state index in [-0.39, 0.29) is 22.6 Å². The maximum atomic E-state index is 12.1. The van der Waals surface area contributed by atoms with Crippen molar-refractivity contribution in [3.05, 3.63) is 48.2 Å². The molecular formula is C17H13N3O5. The molecular weight excluding hydrogens is 326 g/mol. The first-order valence-electron chi connectivity index (χ1n) is 7.24. The van der Waals surface area contributed by atoms with Crippen molar-refractivity contribution >= 4 is 22.9 Å². The first-order valence-corrected chi connectivity index (χ1v) is 7.24. The molecule has 1 heterocycles. The zero-order chi connectivity index (χ0) is 18.0. The van der Waals surface area contributed by atoms with E-state index in [4.69, 9.17) is 5.11 Å². The van der Waals surface area contributed by atoms with Crippen LogP contribution < -0.4 is 5.32 Å². The Morgan fingerprint density at radius 3 is 2.64 bits per heavy atom. The fourth-order valence-electron chi connectivity index (χ4n) is 2.35. The number of amides is 1. The van der Waals surface area contributed by atoms with E-state index in [0.717, 1.165) is 0 Å². The molecule has 0 aliphatic heterocycles. The molecule has 25 heavy (non-hydrogen) atoms. The number of carboxylic acids is 1. The summed E-state index contributed by atoms with van der Waals surface area (Å²) in [6, 6.07) is 9.25. The van der Waals surface area contributed by atoms with E-state index in [0.29, 0.717) is 16.8 Å². The van der Waals surface area contributed by atoms with E-state index in [1.165, 1.54) is 30.5 Å². The van der Waals surface area contributed by atoms with Crippen LogP contribution in [0.4, 0.5) is 0 Å². The van der Waals surface area contributed by atoms with Gasteiger partial charge in [-0.25, -0.2) is 4.98 Å². The van der Waals surface area contributed by atoms with Gasteiger partial charge in [-0.15, -0.1) is 0 Å². The van der Waals surface area contributed by atoms with Gasteiger partial charge in [0.1, 0.15) is 29.1 Å². The minimum absolute atomic E-state index is 0.0823. The number of hydrogen-bond donors (Lipinski definition) is 4. The molecule has 0 radical (unpaired) electrons. The molecule has 0 aliphatic rings. The van der Waals surface area contributed by atoms with E-state index in [9.17, 15) is 19.8 Å². The first-order chi connectivity index (χ1) is 12.0.